The zero-order valence-corrected chi connectivity index (χ0v) is 12.3. The van der Waals surface area contributed by atoms with Gasteiger partial charge in [0.05, 0.1) is 22.0 Å². The first-order valence-electron chi connectivity index (χ1n) is 6.46. The number of hydrogen-bond donors (Lipinski definition) is 1. The molecule has 1 N–H and O–H groups in total. The van der Waals surface area contributed by atoms with Crippen molar-refractivity contribution >= 4 is 23.2 Å². The topological polar surface area (TPSA) is 59.8 Å². The second kappa shape index (κ2) is 6.13. The third-order valence-electron chi connectivity index (χ3n) is 3.07. The number of nitrogens with zero attached hydrogens (tertiary/aromatic N) is 3. The first-order chi connectivity index (χ1) is 11.1. The summed E-state index contributed by atoms with van der Waals surface area (Å²) < 4.78 is 27.9. The van der Waals surface area contributed by atoms with Gasteiger partial charge in [-0.3, -0.25) is 4.79 Å². The van der Waals surface area contributed by atoms with Gasteiger partial charge in [-0.25, -0.2) is 18.4 Å². The zero-order chi connectivity index (χ0) is 16.4. The Hall–Kier alpha value is -2.80. The molecule has 2 aromatic carbocycles. The Morgan fingerprint density at radius 3 is 2.65 bits per heavy atom. The molecule has 0 aliphatic carbocycles. The summed E-state index contributed by atoms with van der Waals surface area (Å²) in [4.78, 5) is 16.1. The first kappa shape index (κ1) is 15.1. The van der Waals surface area contributed by atoms with Gasteiger partial charge in [-0.05, 0) is 24.3 Å². The average Bonchev–Trinajstić information content (AvgIpc) is 3.05. The molecule has 1 heterocycles. The van der Waals surface area contributed by atoms with Gasteiger partial charge in [0.2, 0.25) is 0 Å². The SMILES string of the molecule is O=C(Nc1ccccc1-n1cncn1)c1cc(F)c(F)cc1Cl. The molecule has 0 bridgehead atoms. The van der Waals surface area contributed by atoms with Crippen LogP contribution in [0.4, 0.5) is 14.5 Å². The van der Waals surface area contributed by atoms with Crippen LogP contribution in [0.15, 0.2) is 49.1 Å². The van der Waals surface area contributed by atoms with Crippen molar-refractivity contribution in [3.63, 3.8) is 0 Å². The summed E-state index contributed by atoms with van der Waals surface area (Å²) in [5, 5.41) is 6.41. The van der Waals surface area contributed by atoms with Crippen LogP contribution in [0.2, 0.25) is 5.02 Å². The highest BCUT2D eigenvalue weighted by molar-refractivity contribution is 6.34. The summed E-state index contributed by atoms with van der Waals surface area (Å²) in [6, 6.07) is 8.35. The van der Waals surface area contributed by atoms with Crippen LogP contribution in [0, 0.1) is 11.6 Å². The van der Waals surface area contributed by atoms with E-state index in [9.17, 15) is 13.6 Å². The van der Waals surface area contributed by atoms with Crippen molar-refractivity contribution in [3.05, 3.63) is 71.3 Å². The summed E-state index contributed by atoms with van der Waals surface area (Å²) in [7, 11) is 0. The lowest BCUT2D eigenvalue weighted by Gasteiger charge is -2.11. The number of benzene rings is 2. The normalized spacial score (nSPS) is 10.6. The van der Waals surface area contributed by atoms with E-state index in [0.29, 0.717) is 11.4 Å². The smallest absolute Gasteiger partial charge is 0.257 e. The summed E-state index contributed by atoms with van der Waals surface area (Å²) in [6.07, 6.45) is 2.82. The van der Waals surface area contributed by atoms with E-state index in [0.717, 1.165) is 12.1 Å². The highest BCUT2D eigenvalue weighted by atomic mass is 35.5. The number of aromatic nitrogens is 3. The number of hydrogen-bond acceptors (Lipinski definition) is 3. The molecule has 0 saturated carbocycles. The second-order valence-corrected chi connectivity index (χ2v) is 4.96. The maximum atomic E-state index is 13.3. The summed E-state index contributed by atoms with van der Waals surface area (Å²) in [5.41, 5.74) is 0.819. The van der Waals surface area contributed by atoms with Crippen LogP contribution < -0.4 is 5.32 Å². The lowest BCUT2D eigenvalue weighted by atomic mass is 10.2. The van der Waals surface area contributed by atoms with Crippen LogP contribution in [0.25, 0.3) is 5.69 Å². The fourth-order valence-corrected chi connectivity index (χ4v) is 2.23. The number of para-hydroxylation sites is 2. The number of carbonyl (C=O) groups excluding carboxylic acids is 1. The van der Waals surface area contributed by atoms with E-state index in [-0.39, 0.29) is 10.6 Å². The standard InChI is InChI=1S/C15H9ClF2N4O/c16-10-6-12(18)11(17)5-9(10)15(23)21-13-3-1-2-4-14(13)22-8-19-7-20-22/h1-8H,(H,21,23). The molecule has 3 rings (SSSR count). The highest BCUT2D eigenvalue weighted by Crippen LogP contribution is 2.23. The fourth-order valence-electron chi connectivity index (χ4n) is 2.00. The number of rotatable bonds is 3. The lowest BCUT2D eigenvalue weighted by molar-refractivity contribution is 0.102. The van der Waals surface area contributed by atoms with E-state index >= 15 is 0 Å². The largest absolute Gasteiger partial charge is 0.320 e. The highest BCUT2D eigenvalue weighted by Gasteiger charge is 2.16. The van der Waals surface area contributed by atoms with Gasteiger partial charge in [-0.15, -0.1) is 0 Å². The minimum absolute atomic E-state index is 0.168. The van der Waals surface area contributed by atoms with Crippen LogP contribution in [0.3, 0.4) is 0 Å². The zero-order valence-electron chi connectivity index (χ0n) is 11.5. The molecule has 0 unspecified atom stereocenters. The van der Waals surface area contributed by atoms with Gasteiger partial charge in [0.1, 0.15) is 12.7 Å². The Labute approximate surface area is 134 Å². The molecule has 3 aromatic rings. The first-order valence-corrected chi connectivity index (χ1v) is 6.84. The van der Waals surface area contributed by atoms with Crippen LogP contribution in [0.1, 0.15) is 10.4 Å². The Bertz CT molecular complexity index is 868. The summed E-state index contributed by atoms with van der Waals surface area (Å²) in [6.45, 7) is 0. The molecule has 0 spiro atoms. The van der Waals surface area contributed by atoms with Crippen LogP contribution in [0.5, 0.6) is 0 Å². The van der Waals surface area contributed by atoms with Crippen LogP contribution >= 0.6 is 11.6 Å². The molecule has 23 heavy (non-hydrogen) atoms. The maximum absolute atomic E-state index is 13.3. The van der Waals surface area contributed by atoms with Crippen molar-refractivity contribution in [3.8, 4) is 5.69 Å². The van der Waals surface area contributed by atoms with Crippen molar-refractivity contribution in [1.82, 2.24) is 14.8 Å². The Morgan fingerprint density at radius 2 is 1.91 bits per heavy atom. The van der Waals surface area contributed by atoms with Gasteiger partial charge in [-0.2, -0.15) is 5.10 Å². The lowest BCUT2D eigenvalue weighted by Crippen LogP contribution is -2.15. The van der Waals surface area contributed by atoms with Crippen LogP contribution in [-0.2, 0) is 0 Å². The van der Waals surface area contributed by atoms with E-state index < -0.39 is 17.5 Å². The number of nitrogens with one attached hydrogen (secondary N) is 1. The van der Waals surface area contributed by atoms with E-state index in [1.807, 2.05) is 0 Å². The molecule has 1 amide bonds. The molecule has 1 aromatic heterocycles. The fraction of sp³-hybridized carbons (Fsp3) is 0. The van der Waals surface area contributed by atoms with Crippen molar-refractivity contribution in [2.75, 3.05) is 5.32 Å². The number of halogens is 3. The molecule has 8 heteroatoms. The van der Waals surface area contributed by atoms with E-state index in [1.165, 1.54) is 17.3 Å². The number of amides is 1. The van der Waals surface area contributed by atoms with Gasteiger partial charge in [0.25, 0.3) is 5.91 Å². The molecular weight excluding hydrogens is 326 g/mol. The maximum Gasteiger partial charge on any atom is 0.257 e. The van der Waals surface area contributed by atoms with Gasteiger partial charge >= 0.3 is 0 Å². The molecule has 0 saturated heterocycles. The molecule has 116 valence electrons. The number of anilines is 1. The Kier molecular flexibility index (Phi) is 4.03. The van der Waals surface area contributed by atoms with E-state index in [2.05, 4.69) is 15.4 Å². The van der Waals surface area contributed by atoms with Crippen molar-refractivity contribution in [2.45, 2.75) is 0 Å². The van der Waals surface area contributed by atoms with Gasteiger partial charge in [0.15, 0.2) is 11.6 Å². The van der Waals surface area contributed by atoms with E-state index in [1.54, 1.807) is 24.3 Å². The molecule has 0 fully saturated rings. The van der Waals surface area contributed by atoms with Gasteiger partial charge < -0.3 is 5.32 Å². The molecule has 0 radical (unpaired) electrons. The number of carbonyl (C=O) groups is 1. The molecule has 0 atom stereocenters. The molecular formula is C15H9ClF2N4O. The van der Waals surface area contributed by atoms with Crippen LogP contribution in [-0.4, -0.2) is 20.7 Å². The van der Waals surface area contributed by atoms with Gasteiger partial charge in [0, 0.05) is 0 Å². The predicted molar refractivity (Wildman–Crippen MR) is 80.7 cm³/mol. The van der Waals surface area contributed by atoms with Crippen molar-refractivity contribution in [2.24, 2.45) is 0 Å². The summed E-state index contributed by atoms with van der Waals surface area (Å²) >= 11 is 5.81. The van der Waals surface area contributed by atoms with E-state index in [4.69, 9.17) is 11.6 Å². The Morgan fingerprint density at radius 1 is 1.17 bits per heavy atom. The average molecular weight is 335 g/mol. The second-order valence-electron chi connectivity index (χ2n) is 4.56. The quantitative estimate of drug-likeness (QED) is 0.746. The minimum Gasteiger partial charge on any atom is -0.320 e. The van der Waals surface area contributed by atoms with Gasteiger partial charge in [-0.1, -0.05) is 23.7 Å². The predicted octanol–water partition coefficient (Wildman–Crippen LogP) is 3.45. The minimum atomic E-state index is -1.15. The molecule has 5 nitrogen and oxygen atoms in total. The van der Waals surface area contributed by atoms with Crippen molar-refractivity contribution in [1.29, 1.82) is 0 Å². The molecule has 0 aliphatic rings. The third-order valence-corrected chi connectivity index (χ3v) is 3.39. The summed E-state index contributed by atoms with van der Waals surface area (Å²) in [5.74, 6) is -2.93. The molecule has 0 aliphatic heterocycles. The monoisotopic (exact) mass is 334 g/mol. The third kappa shape index (κ3) is 3.04. The van der Waals surface area contributed by atoms with Crippen molar-refractivity contribution < 1.29 is 13.6 Å². The Balaban J connectivity index is 1.94.